The van der Waals surface area contributed by atoms with Crippen molar-refractivity contribution in [3.63, 3.8) is 0 Å². The number of hydrogen-bond acceptors (Lipinski definition) is 7. The number of anilines is 1. The number of likely N-dealkylation sites (tertiary alicyclic amines) is 1. The van der Waals surface area contributed by atoms with Gasteiger partial charge >= 0.3 is 0 Å². The van der Waals surface area contributed by atoms with Crippen LogP contribution in [0.5, 0.6) is 0 Å². The SMILES string of the molecule is N#Cc1cnc(NC2CCCN(CCN3CCOCC3)C2=O)cn1. The molecule has 2 fully saturated rings. The largest absolute Gasteiger partial charge is 0.379 e. The summed E-state index contributed by atoms with van der Waals surface area (Å²) in [4.78, 5) is 25.0. The number of nitrogens with one attached hydrogen (secondary N) is 1. The third kappa shape index (κ3) is 4.19. The summed E-state index contributed by atoms with van der Waals surface area (Å²) >= 11 is 0. The number of morpholine rings is 1. The Bertz CT molecular complexity index is 594. The van der Waals surface area contributed by atoms with Crippen molar-refractivity contribution in [3.05, 3.63) is 18.1 Å². The second kappa shape index (κ2) is 8.04. The summed E-state index contributed by atoms with van der Waals surface area (Å²) in [5.74, 6) is 0.642. The van der Waals surface area contributed by atoms with E-state index in [4.69, 9.17) is 10.00 Å². The van der Waals surface area contributed by atoms with E-state index in [1.54, 1.807) is 0 Å². The minimum atomic E-state index is -0.273. The number of rotatable bonds is 5. The zero-order valence-corrected chi connectivity index (χ0v) is 13.6. The van der Waals surface area contributed by atoms with Gasteiger partial charge in [0.15, 0.2) is 5.69 Å². The lowest BCUT2D eigenvalue weighted by Gasteiger charge is -2.35. The van der Waals surface area contributed by atoms with Gasteiger partial charge in [0.25, 0.3) is 0 Å². The topological polar surface area (TPSA) is 94.4 Å². The van der Waals surface area contributed by atoms with Gasteiger partial charge in [-0.25, -0.2) is 9.97 Å². The number of piperidine rings is 1. The van der Waals surface area contributed by atoms with Crippen molar-refractivity contribution in [3.8, 4) is 6.07 Å². The quantitative estimate of drug-likeness (QED) is 0.817. The molecule has 8 heteroatoms. The van der Waals surface area contributed by atoms with E-state index in [2.05, 4.69) is 20.2 Å². The first-order valence-corrected chi connectivity index (χ1v) is 8.34. The molecule has 0 bridgehead atoms. The van der Waals surface area contributed by atoms with E-state index < -0.39 is 0 Å². The zero-order chi connectivity index (χ0) is 16.8. The van der Waals surface area contributed by atoms with Gasteiger partial charge in [-0.05, 0) is 12.8 Å². The van der Waals surface area contributed by atoms with Crippen LogP contribution in [0, 0.1) is 11.3 Å². The maximum Gasteiger partial charge on any atom is 0.245 e. The fourth-order valence-electron chi connectivity index (χ4n) is 3.02. The van der Waals surface area contributed by atoms with E-state index in [-0.39, 0.29) is 17.6 Å². The lowest BCUT2D eigenvalue weighted by Crippen LogP contribution is -2.50. The monoisotopic (exact) mass is 330 g/mol. The fourth-order valence-corrected chi connectivity index (χ4v) is 3.02. The Hall–Kier alpha value is -2.24. The summed E-state index contributed by atoms with van der Waals surface area (Å²) in [6.45, 7) is 5.86. The van der Waals surface area contributed by atoms with Crippen LogP contribution in [0.4, 0.5) is 5.82 Å². The van der Waals surface area contributed by atoms with Crippen molar-refractivity contribution in [2.45, 2.75) is 18.9 Å². The highest BCUT2D eigenvalue weighted by Crippen LogP contribution is 2.16. The summed E-state index contributed by atoms with van der Waals surface area (Å²) in [7, 11) is 0. The fraction of sp³-hybridized carbons (Fsp3) is 0.625. The first kappa shape index (κ1) is 16.6. The van der Waals surface area contributed by atoms with Gasteiger partial charge in [-0.3, -0.25) is 9.69 Å². The standard InChI is InChI=1S/C16H22N6O2/c17-10-13-11-19-15(12-18-13)20-14-2-1-3-22(16(14)23)5-4-21-6-8-24-9-7-21/h11-12,14H,1-9H2,(H,19,20). The lowest BCUT2D eigenvalue weighted by molar-refractivity contribution is -0.134. The molecule has 0 radical (unpaired) electrons. The molecule has 0 aromatic carbocycles. The minimum absolute atomic E-state index is 0.112. The molecule has 1 unspecified atom stereocenters. The molecule has 1 aromatic rings. The van der Waals surface area contributed by atoms with Crippen LogP contribution in [-0.4, -0.2) is 77.7 Å². The average molecular weight is 330 g/mol. The molecular weight excluding hydrogens is 308 g/mol. The zero-order valence-electron chi connectivity index (χ0n) is 13.6. The third-order valence-electron chi connectivity index (χ3n) is 4.41. The minimum Gasteiger partial charge on any atom is -0.379 e. The molecule has 1 atom stereocenters. The molecule has 1 N–H and O–H groups in total. The van der Waals surface area contributed by atoms with E-state index in [1.807, 2.05) is 11.0 Å². The average Bonchev–Trinajstić information content (AvgIpc) is 2.64. The van der Waals surface area contributed by atoms with Gasteiger partial charge in [0.05, 0.1) is 25.6 Å². The third-order valence-corrected chi connectivity index (χ3v) is 4.41. The van der Waals surface area contributed by atoms with Gasteiger partial charge < -0.3 is 15.0 Å². The van der Waals surface area contributed by atoms with Crippen LogP contribution in [0.2, 0.25) is 0 Å². The first-order valence-electron chi connectivity index (χ1n) is 8.34. The predicted octanol–water partition coefficient (Wildman–Crippen LogP) is 0.0834. The maximum atomic E-state index is 12.6. The van der Waals surface area contributed by atoms with Crippen molar-refractivity contribution in [1.82, 2.24) is 19.8 Å². The van der Waals surface area contributed by atoms with Crippen molar-refractivity contribution in [1.29, 1.82) is 5.26 Å². The molecule has 3 rings (SSSR count). The van der Waals surface area contributed by atoms with Crippen LogP contribution in [0.15, 0.2) is 12.4 Å². The van der Waals surface area contributed by atoms with Gasteiger partial charge in [-0.2, -0.15) is 5.26 Å². The number of nitriles is 1. The molecule has 2 saturated heterocycles. The molecule has 1 amide bonds. The molecule has 0 spiro atoms. The summed E-state index contributed by atoms with van der Waals surface area (Å²) in [5, 5.41) is 11.9. The number of carbonyl (C=O) groups is 1. The second-order valence-corrected chi connectivity index (χ2v) is 6.02. The molecule has 8 nitrogen and oxygen atoms in total. The van der Waals surface area contributed by atoms with Gasteiger partial charge in [0.1, 0.15) is 17.9 Å². The van der Waals surface area contributed by atoms with Gasteiger partial charge in [-0.15, -0.1) is 0 Å². The van der Waals surface area contributed by atoms with E-state index in [0.29, 0.717) is 5.82 Å². The van der Waals surface area contributed by atoms with Crippen molar-refractivity contribution in [2.24, 2.45) is 0 Å². The Morgan fingerprint density at radius 3 is 2.79 bits per heavy atom. The number of nitrogens with zero attached hydrogens (tertiary/aromatic N) is 5. The summed E-state index contributed by atoms with van der Waals surface area (Å²) < 4.78 is 5.35. The molecule has 24 heavy (non-hydrogen) atoms. The Balaban J connectivity index is 1.52. The first-order chi connectivity index (χ1) is 11.8. The highest BCUT2D eigenvalue weighted by molar-refractivity contribution is 5.85. The predicted molar refractivity (Wildman–Crippen MR) is 87.2 cm³/mol. The molecule has 3 heterocycles. The molecule has 1 aromatic heterocycles. The van der Waals surface area contributed by atoms with E-state index in [0.717, 1.165) is 58.8 Å². The number of hydrogen-bond donors (Lipinski definition) is 1. The molecule has 2 aliphatic heterocycles. The maximum absolute atomic E-state index is 12.6. The van der Waals surface area contributed by atoms with Gasteiger partial charge in [0.2, 0.25) is 5.91 Å². The molecule has 128 valence electrons. The number of carbonyl (C=O) groups excluding carboxylic acids is 1. The Kier molecular flexibility index (Phi) is 5.56. The van der Waals surface area contributed by atoms with Gasteiger partial charge in [-0.1, -0.05) is 0 Å². The van der Waals surface area contributed by atoms with Gasteiger partial charge in [0, 0.05) is 32.7 Å². The highest BCUT2D eigenvalue weighted by atomic mass is 16.5. The highest BCUT2D eigenvalue weighted by Gasteiger charge is 2.29. The van der Waals surface area contributed by atoms with Crippen LogP contribution in [0.25, 0.3) is 0 Å². The van der Waals surface area contributed by atoms with Crippen LogP contribution >= 0.6 is 0 Å². The van der Waals surface area contributed by atoms with Crippen molar-refractivity contribution < 1.29 is 9.53 Å². The number of ether oxygens (including phenoxy) is 1. The smallest absolute Gasteiger partial charge is 0.245 e. The second-order valence-electron chi connectivity index (χ2n) is 6.02. The van der Waals surface area contributed by atoms with Crippen molar-refractivity contribution >= 4 is 11.7 Å². The van der Waals surface area contributed by atoms with Crippen LogP contribution in [0.3, 0.4) is 0 Å². The number of aromatic nitrogens is 2. The Morgan fingerprint density at radius 1 is 1.25 bits per heavy atom. The summed E-state index contributed by atoms with van der Waals surface area (Å²) in [5.41, 5.74) is 0.266. The lowest BCUT2D eigenvalue weighted by atomic mass is 10.0. The summed E-state index contributed by atoms with van der Waals surface area (Å²) in [6, 6.07) is 1.66. The Morgan fingerprint density at radius 2 is 2.08 bits per heavy atom. The van der Waals surface area contributed by atoms with E-state index in [9.17, 15) is 4.79 Å². The molecular formula is C16H22N6O2. The number of amides is 1. The molecule has 0 aliphatic carbocycles. The van der Waals surface area contributed by atoms with Crippen LogP contribution in [0.1, 0.15) is 18.5 Å². The Labute approximate surface area is 141 Å². The summed E-state index contributed by atoms with van der Waals surface area (Å²) in [6.07, 6.45) is 4.66. The van der Waals surface area contributed by atoms with Crippen molar-refractivity contribution in [2.75, 3.05) is 51.3 Å². The van der Waals surface area contributed by atoms with Crippen LogP contribution in [-0.2, 0) is 9.53 Å². The van der Waals surface area contributed by atoms with E-state index >= 15 is 0 Å². The van der Waals surface area contributed by atoms with Crippen LogP contribution < -0.4 is 5.32 Å². The van der Waals surface area contributed by atoms with E-state index in [1.165, 1.54) is 12.4 Å². The molecule has 2 aliphatic rings. The normalized spacial score (nSPS) is 22.2. The molecule has 0 saturated carbocycles.